The standard InChI is InChI=1S/C16H12F3N3.C7H3BrF3N3/c17-16(18,19)15-21-20-14-8-7-13(9-22(14)15)12-5-3-11(4-6-12)10-1-2-10;8-4-1-2-5-12-13-6(7(9,10)11)14(5)3-4/h3-10H,1-2H2;1-3H. The highest BCUT2D eigenvalue weighted by molar-refractivity contribution is 9.10. The lowest BCUT2D eigenvalue weighted by Crippen LogP contribution is -2.10. The average molecular weight is 569 g/mol. The van der Waals surface area contributed by atoms with E-state index in [-0.39, 0.29) is 11.3 Å². The van der Waals surface area contributed by atoms with E-state index in [0.717, 1.165) is 14.4 Å². The van der Waals surface area contributed by atoms with Crippen LogP contribution in [0.5, 0.6) is 0 Å². The van der Waals surface area contributed by atoms with E-state index in [9.17, 15) is 26.3 Å². The highest BCUT2D eigenvalue weighted by atomic mass is 79.9. The molecule has 4 aromatic heterocycles. The van der Waals surface area contributed by atoms with Crippen LogP contribution in [0, 0.1) is 0 Å². The van der Waals surface area contributed by atoms with Crippen LogP contribution >= 0.6 is 15.9 Å². The first-order chi connectivity index (χ1) is 17.0. The summed E-state index contributed by atoms with van der Waals surface area (Å²) in [7, 11) is 0. The van der Waals surface area contributed by atoms with Crippen LogP contribution < -0.4 is 0 Å². The number of fused-ring (bicyclic) bond motifs is 2. The normalized spacial score (nSPS) is 14.2. The van der Waals surface area contributed by atoms with Crippen molar-refractivity contribution in [2.75, 3.05) is 0 Å². The lowest BCUT2D eigenvalue weighted by molar-refractivity contribution is -0.146. The first-order valence-corrected chi connectivity index (χ1v) is 11.4. The van der Waals surface area contributed by atoms with Crippen molar-refractivity contribution >= 4 is 27.2 Å². The molecule has 13 heteroatoms. The summed E-state index contributed by atoms with van der Waals surface area (Å²) in [6.45, 7) is 0. The van der Waals surface area contributed by atoms with Gasteiger partial charge in [0.05, 0.1) is 0 Å². The highest BCUT2D eigenvalue weighted by Crippen LogP contribution is 2.40. The quantitative estimate of drug-likeness (QED) is 0.220. The molecule has 36 heavy (non-hydrogen) atoms. The van der Waals surface area contributed by atoms with Gasteiger partial charge < -0.3 is 0 Å². The van der Waals surface area contributed by atoms with Crippen molar-refractivity contribution in [3.8, 4) is 11.1 Å². The SMILES string of the molecule is FC(F)(F)c1nnc2ccc(-c3ccc(C4CC4)cc3)cn12.FC(F)(F)c1nnc2ccc(Br)cn12. The van der Waals surface area contributed by atoms with Crippen LogP contribution in [-0.2, 0) is 12.4 Å². The molecule has 1 saturated carbocycles. The van der Waals surface area contributed by atoms with Crippen LogP contribution in [0.4, 0.5) is 26.3 Å². The summed E-state index contributed by atoms with van der Waals surface area (Å²) in [5, 5.41) is 13.3. The molecule has 0 saturated heterocycles. The molecular weight excluding hydrogens is 554 g/mol. The van der Waals surface area contributed by atoms with E-state index >= 15 is 0 Å². The van der Waals surface area contributed by atoms with Crippen LogP contribution in [-0.4, -0.2) is 29.2 Å². The minimum Gasteiger partial charge on any atom is -0.278 e. The Morgan fingerprint density at radius 3 is 1.67 bits per heavy atom. The maximum absolute atomic E-state index is 12.9. The summed E-state index contributed by atoms with van der Waals surface area (Å²) in [6.07, 6.45) is -3.85. The van der Waals surface area contributed by atoms with Crippen molar-refractivity contribution in [2.45, 2.75) is 31.1 Å². The number of benzene rings is 1. The molecule has 0 spiro atoms. The van der Waals surface area contributed by atoms with Gasteiger partial charge in [0.15, 0.2) is 11.3 Å². The first kappa shape index (κ1) is 24.2. The molecule has 0 unspecified atom stereocenters. The van der Waals surface area contributed by atoms with E-state index in [1.165, 1.54) is 36.9 Å². The third-order valence-electron chi connectivity index (χ3n) is 5.57. The van der Waals surface area contributed by atoms with E-state index in [2.05, 4.69) is 36.3 Å². The summed E-state index contributed by atoms with van der Waals surface area (Å²) in [6, 6.07) is 14.4. The zero-order chi connectivity index (χ0) is 25.7. The van der Waals surface area contributed by atoms with Crippen LogP contribution in [0.15, 0.2) is 65.4 Å². The average Bonchev–Trinajstić information content (AvgIpc) is 3.42. The Morgan fingerprint density at radius 1 is 0.639 bits per heavy atom. The number of rotatable bonds is 2. The van der Waals surface area contributed by atoms with E-state index in [4.69, 9.17) is 0 Å². The number of pyridine rings is 2. The summed E-state index contributed by atoms with van der Waals surface area (Å²) in [4.78, 5) is 0. The van der Waals surface area contributed by atoms with Gasteiger partial charge in [-0.15, -0.1) is 20.4 Å². The third kappa shape index (κ3) is 4.92. The van der Waals surface area contributed by atoms with E-state index in [1.54, 1.807) is 18.2 Å². The summed E-state index contributed by atoms with van der Waals surface area (Å²) in [5.74, 6) is -1.36. The zero-order valence-electron chi connectivity index (χ0n) is 18.1. The number of hydrogen-bond donors (Lipinski definition) is 0. The molecule has 0 radical (unpaired) electrons. The van der Waals surface area contributed by atoms with Gasteiger partial charge in [-0.25, -0.2) is 0 Å². The Balaban J connectivity index is 0.000000165. The highest BCUT2D eigenvalue weighted by Gasteiger charge is 2.37. The van der Waals surface area contributed by atoms with Gasteiger partial charge >= 0.3 is 12.4 Å². The lowest BCUT2D eigenvalue weighted by Gasteiger charge is -2.07. The molecule has 1 aromatic carbocycles. The van der Waals surface area contributed by atoms with E-state index in [0.29, 0.717) is 16.0 Å². The Bertz CT molecular complexity index is 1530. The Hall–Kier alpha value is -3.48. The van der Waals surface area contributed by atoms with Crippen molar-refractivity contribution in [3.05, 3.63) is 82.6 Å². The maximum Gasteiger partial charge on any atom is 0.452 e. The molecule has 1 fully saturated rings. The second-order valence-electron chi connectivity index (χ2n) is 8.16. The first-order valence-electron chi connectivity index (χ1n) is 10.6. The molecule has 1 aliphatic carbocycles. The third-order valence-corrected chi connectivity index (χ3v) is 6.04. The molecule has 186 valence electrons. The van der Waals surface area contributed by atoms with Gasteiger partial charge in [0.2, 0.25) is 11.6 Å². The number of alkyl halides is 6. The molecule has 0 atom stereocenters. The summed E-state index contributed by atoms with van der Waals surface area (Å²) >= 11 is 3.07. The van der Waals surface area contributed by atoms with E-state index in [1.807, 2.05) is 24.3 Å². The molecule has 0 aliphatic heterocycles. The monoisotopic (exact) mass is 568 g/mol. The summed E-state index contributed by atoms with van der Waals surface area (Å²) < 4.78 is 78.2. The largest absolute Gasteiger partial charge is 0.452 e. The number of aromatic nitrogens is 6. The van der Waals surface area contributed by atoms with Gasteiger partial charge in [-0.1, -0.05) is 24.3 Å². The Labute approximate surface area is 207 Å². The van der Waals surface area contributed by atoms with Gasteiger partial charge in [-0.3, -0.25) is 8.80 Å². The molecule has 0 amide bonds. The molecule has 6 rings (SSSR count). The molecular formula is C23H15BrF6N6. The van der Waals surface area contributed by atoms with Gasteiger partial charge in [0.1, 0.15) is 0 Å². The van der Waals surface area contributed by atoms with Gasteiger partial charge in [-0.05, 0) is 75.6 Å². The van der Waals surface area contributed by atoms with Crippen LogP contribution in [0.3, 0.4) is 0 Å². The van der Waals surface area contributed by atoms with Crippen molar-refractivity contribution < 1.29 is 26.3 Å². The van der Waals surface area contributed by atoms with Gasteiger partial charge in [0.25, 0.3) is 0 Å². The van der Waals surface area contributed by atoms with Crippen molar-refractivity contribution in [3.63, 3.8) is 0 Å². The minimum absolute atomic E-state index is 0.167. The van der Waals surface area contributed by atoms with Crippen molar-refractivity contribution in [2.24, 2.45) is 0 Å². The predicted molar refractivity (Wildman–Crippen MR) is 121 cm³/mol. The van der Waals surface area contributed by atoms with Crippen LogP contribution in [0.1, 0.15) is 36.0 Å². The lowest BCUT2D eigenvalue weighted by atomic mass is 10.0. The molecule has 0 bridgehead atoms. The minimum atomic E-state index is -4.52. The maximum atomic E-state index is 12.9. The molecule has 4 heterocycles. The summed E-state index contributed by atoms with van der Waals surface area (Å²) in [5.41, 5.74) is 3.24. The zero-order valence-corrected chi connectivity index (χ0v) is 19.7. The smallest absolute Gasteiger partial charge is 0.278 e. The molecule has 5 aromatic rings. The van der Waals surface area contributed by atoms with Crippen molar-refractivity contribution in [1.82, 2.24) is 29.2 Å². The number of hydrogen-bond acceptors (Lipinski definition) is 4. The van der Waals surface area contributed by atoms with Gasteiger partial charge in [0, 0.05) is 16.9 Å². The Kier molecular flexibility index (Phi) is 5.97. The topological polar surface area (TPSA) is 60.4 Å². The van der Waals surface area contributed by atoms with E-state index < -0.39 is 24.0 Å². The molecule has 0 N–H and O–H groups in total. The fourth-order valence-corrected chi connectivity index (χ4v) is 4.01. The molecule has 6 nitrogen and oxygen atoms in total. The van der Waals surface area contributed by atoms with Gasteiger partial charge in [-0.2, -0.15) is 26.3 Å². The van der Waals surface area contributed by atoms with Crippen molar-refractivity contribution in [1.29, 1.82) is 0 Å². The Morgan fingerprint density at radius 2 is 1.14 bits per heavy atom. The number of halogens is 7. The fourth-order valence-electron chi connectivity index (χ4n) is 3.68. The molecule has 1 aliphatic rings. The second-order valence-corrected chi connectivity index (χ2v) is 9.08. The van der Waals surface area contributed by atoms with Crippen LogP contribution in [0.2, 0.25) is 0 Å². The predicted octanol–water partition coefficient (Wildman–Crippen LogP) is 6.80. The van der Waals surface area contributed by atoms with Crippen LogP contribution in [0.25, 0.3) is 22.4 Å². The number of nitrogens with zero attached hydrogens (tertiary/aromatic N) is 6. The fraction of sp³-hybridized carbons (Fsp3) is 0.217. The second kappa shape index (κ2) is 8.87.